The molecule has 0 unspecified atom stereocenters. The van der Waals surface area contributed by atoms with Gasteiger partial charge in [0.1, 0.15) is 11.4 Å². The highest BCUT2D eigenvalue weighted by Crippen LogP contribution is 2.41. The molecule has 7 nitrogen and oxygen atoms in total. The minimum absolute atomic E-state index is 0.0567. The highest BCUT2D eigenvalue weighted by molar-refractivity contribution is 7.91. The summed E-state index contributed by atoms with van der Waals surface area (Å²) in [6, 6.07) is 11.0. The maximum absolute atomic E-state index is 13.1. The molecule has 0 fully saturated rings. The number of ether oxygens (including phenoxy) is 3. The number of hydrogen-bond donors (Lipinski definition) is 1. The van der Waals surface area contributed by atoms with Gasteiger partial charge in [0.15, 0.2) is 11.5 Å². The third kappa shape index (κ3) is 3.85. The van der Waals surface area contributed by atoms with Gasteiger partial charge in [-0.25, -0.2) is 8.42 Å². The predicted molar refractivity (Wildman–Crippen MR) is 91.9 cm³/mol. The van der Waals surface area contributed by atoms with Crippen LogP contribution < -0.4 is 14.8 Å². The normalized spacial score (nSPS) is 10.8. The fourth-order valence-corrected chi connectivity index (χ4v) is 3.87. The summed E-state index contributed by atoms with van der Waals surface area (Å²) >= 11 is 0. The maximum atomic E-state index is 13.1. The predicted octanol–water partition coefficient (Wildman–Crippen LogP) is 2.12. The van der Waals surface area contributed by atoms with Crippen LogP contribution >= 0.6 is 0 Å². The Morgan fingerprint density at radius 2 is 1.68 bits per heavy atom. The van der Waals surface area contributed by atoms with Gasteiger partial charge in [-0.15, -0.1) is 0 Å². The summed E-state index contributed by atoms with van der Waals surface area (Å²) in [7, 11) is 0.0992. The van der Waals surface area contributed by atoms with E-state index in [9.17, 15) is 13.2 Å². The van der Waals surface area contributed by atoms with E-state index in [0.29, 0.717) is 0 Å². The number of hydrogen-bond acceptors (Lipinski definition) is 7. The van der Waals surface area contributed by atoms with Gasteiger partial charge < -0.3 is 19.5 Å². The Labute approximate surface area is 146 Å². The summed E-state index contributed by atoms with van der Waals surface area (Å²) < 4.78 is 41.3. The van der Waals surface area contributed by atoms with Gasteiger partial charge in [0.05, 0.1) is 31.9 Å². The van der Waals surface area contributed by atoms with Crippen molar-refractivity contribution in [3.63, 3.8) is 0 Å². The number of rotatable bonds is 7. The van der Waals surface area contributed by atoms with Crippen molar-refractivity contribution in [3.05, 3.63) is 42.5 Å². The molecule has 0 aromatic heterocycles. The standard InChI is InChI=1S/C17H19NO6S/c1-22-14-10-9-13(18-11-15(19)23-2)17(16(14)24-3)25(20,21)12-7-5-4-6-8-12/h4-10,18H,11H2,1-3H3. The first-order valence-electron chi connectivity index (χ1n) is 7.31. The number of nitrogens with one attached hydrogen (secondary N) is 1. The summed E-state index contributed by atoms with van der Waals surface area (Å²) in [6.45, 7) is -0.191. The minimum Gasteiger partial charge on any atom is -0.493 e. The molecule has 25 heavy (non-hydrogen) atoms. The van der Waals surface area contributed by atoms with E-state index >= 15 is 0 Å². The summed E-state index contributed by atoms with van der Waals surface area (Å²) in [4.78, 5) is 11.4. The molecule has 2 aromatic carbocycles. The Morgan fingerprint density at radius 1 is 1.00 bits per heavy atom. The average Bonchev–Trinajstić information content (AvgIpc) is 2.65. The molecule has 0 saturated heterocycles. The van der Waals surface area contributed by atoms with Gasteiger partial charge in [0.25, 0.3) is 0 Å². The summed E-state index contributed by atoms with van der Waals surface area (Å²) in [5.74, 6) is -0.209. The molecule has 1 N–H and O–H groups in total. The molecule has 2 aromatic rings. The van der Waals surface area contributed by atoms with Crippen LogP contribution in [0.2, 0.25) is 0 Å². The van der Waals surface area contributed by atoms with Gasteiger partial charge in [-0.1, -0.05) is 18.2 Å². The molecule has 0 bridgehead atoms. The first kappa shape index (κ1) is 18.6. The SMILES string of the molecule is COC(=O)CNc1ccc(OC)c(OC)c1S(=O)(=O)c1ccccc1. The molecule has 0 atom stereocenters. The molecule has 8 heteroatoms. The largest absolute Gasteiger partial charge is 0.493 e. The minimum atomic E-state index is -3.92. The third-order valence-electron chi connectivity index (χ3n) is 3.47. The van der Waals surface area contributed by atoms with E-state index in [1.807, 2.05) is 0 Å². The number of anilines is 1. The molecule has 0 radical (unpaired) electrons. The Hall–Kier alpha value is -2.74. The van der Waals surface area contributed by atoms with Gasteiger partial charge >= 0.3 is 5.97 Å². The van der Waals surface area contributed by atoms with Crippen molar-refractivity contribution in [1.29, 1.82) is 0 Å². The van der Waals surface area contributed by atoms with Crippen LogP contribution in [0.15, 0.2) is 52.3 Å². The Balaban J connectivity index is 2.65. The topological polar surface area (TPSA) is 90.9 Å². The first-order valence-corrected chi connectivity index (χ1v) is 8.79. The monoisotopic (exact) mass is 365 g/mol. The number of carbonyl (C=O) groups is 1. The lowest BCUT2D eigenvalue weighted by molar-refractivity contribution is -0.138. The Kier molecular flexibility index (Phi) is 5.87. The van der Waals surface area contributed by atoms with Crippen LogP contribution in [-0.2, 0) is 19.4 Å². The molecular weight excluding hydrogens is 346 g/mol. The zero-order valence-corrected chi connectivity index (χ0v) is 14.9. The fraction of sp³-hybridized carbons (Fsp3) is 0.235. The molecule has 0 aliphatic carbocycles. The van der Waals surface area contributed by atoms with Crippen molar-refractivity contribution in [2.24, 2.45) is 0 Å². The van der Waals surface area contributed by atoms with Crippen molar-refractivity contribution < 1.29 is 27.4 Å². The van der Waals surface area contributed by atoms with Crippen LogP contribution in [0.25, 0.3) is 0 Å². The van der Waals surface area contributed by atoms with Crippen LogP contribution in [0, 0.1) is 0 Å². The zero-order chi connectivity index (χ0) is 18.4. The number of benzene rings is 2. The van der Waals surface area contributed by atoms with Crippen molar-refractivity contribution in [1.82, 2.24) is 0 Å². The van der Waals surface area contributed by atoms with Gasteiger partial charge in [-0.3, -0.25) is 4.79 Å². The summed E-state index contributed by atoms with van der Waals surface area (Å²) in [5.41, 5.74) is 0.215. The smallest absolute Gasteiger partial charge is 0.325 e. The quantitative estimate of drug-likeness (QED) is 0.752. The molecule has 0 amide bonds. The Bertz CT molecular complexity index is 849. The van der Waals surface area contributed by atoms with Crippen LogP contribution in [0.3, 0.4) is 0 Å². The third-order valence-corrected chi connectivity index (χ3v) is 5.31. The Morgan fingerprint density at radius 3 is 2.24 bits per heavy atom. The number of methoxy groups -OCH3 is 3. The molecule has 134 valence electrons. The van der Waals surface area contributed by atoms with E-state index in [-0.39, 0.29) is 33.5 Å². The van der Waals surface area contributed by atoms with Crippen molar-refractivity contribution >= 4 is 21.5 Å². The van der Waals surface area contributed by atoms with Crippen LogP contribution in [0.4, 0.5) is 5.69 Å². The highest BCUT2D eigenvalue weighted by Gasteiger charge is 2.28. The summed E-state index contributed by atoms with van der Waals surface area (Å²) in [6.07, 6.45) is 0. The summed E-state index contributed by atoms with van der Waals surface area (Å²) in [5, 5.41) is 2.78. The lowest BCUT2D eigenvalue weighted by atomic mass is 10.2. The molecule has 0 aliphatic rings. The first-order chi connectivity index (χ1) is 12.0. The highest BCUT2D eigenvalue weighted by atomic mass is 32.2. The van der Waals surface area contributed by atoms with E-state index in [0.717, 1.165) is 0 Å². The average molecular weight is 365 g/mol. The van der Waals surface area contributed by atoms with Crippen LogP contribution in [0.5, 0.6) is 11.5 Å². The fourth-order valence-electron chi connectivity index (χ4n) is 2.26. The lowest BCUT2D eigenvalue weighted by Crippen LogP contribution is -2.17. The van der Waals surface area contributed by atoms with E-state index in [1.54, 1.807) is 24.3 Å². The maximum Gasteiger partial charge on any atom is 0.325 e. The second kappa shape index (κ2) is 7.89. The molecule has 0 heterocycles. The van der Waals surface area contributed by atoms with E-state index in [2.05, 4.69) is 10.1 Å². The van der Waals surface area contributed by atoms with Crippen LogP contribution in [-0.4, -0.2) is 42.3 Å². The number of carbonyl (C=O) groups excluding carboxylic acids is 1. The van der Waals surface area contributed by atoms with Crippen molar-refractivity contribution in [3.8, 4) is 11.5 Å². The second-order valence-corrected chi connectivity index (χ2v) is 6.81. The molecule has 0 aliphatic heterocycles. The van der Waals surface area contributed by atoms with E-state index < -0.39 is 15.8 Å². The van der Waals surface area contributed by atoms with Gasteiger partial charge in [0.2, 0.25) is 9.84 Å². The molecular formula is C17H19NO6S. The van der Waals surface area contributed by atoms with Gasteiger partial charge in [-0.05, 0) is 24.3 Å². The molecule has 0 spiro atoms. The van der Waals surface area contributed by atoms with E-state index in [1.165, 1.54) is 39.5 Å². The van der Waals surface area contributed by atoms with Gasteiger partial charge in [0, 0.05) is 0 Å². The van der Waals surface area contributed by atoms with Crippen molar-refractivity contribution in [2.75, 3.05) is 33.2 Å². The molecule has 2 rings (SSSR count). The number of esters is 1. The van der Waals surface area contributed by atoms with Gasteiger partial charge in [-0.2, -0.15) is 0 Å². The molecule has 0 saturated carbocycles. The zero-order valence-electron chi connectivity index (χ0n) is 14.1. The second-order valence-electron chi connectivity index (χ2n) is 4.92. The van der Waals surface area contributed by atoms with Crippen molar-refractivity contribution in [2.45, 2.75) is 9.79 Å². The lowest BCUT2D eigenvalue weighted by Gasteiger charge is -2.18. The van der Waals surface area contributed by atoms with Crippen LogP contribution in [0.1, 0.15) is 0 Å². The van der Waals surface area contributed by atoms with E-state index in [4.69, 9.17) is 9.47 Å². The number of sulfone groups is 1.